The maximum absolute atomic E-state index is 10.4. The molecule has 0 fully saturated rings. The molecule has 0 aliphatic rings. The quantitative estimate of drug-likeness (QED) is 0.350. The minimum Gasteiger partial charge on any atom is -0.307 e. The van der Waals surface area contributed by atoms with Gasteiger partial charge in [-0.05, 0) is 7.05 Å². The Labute approximate surface area is 76.8 Å². The minimum atomic E-state index is -0.508. The first-order chi connectivity index (χ1) is 5.56. The highest BCUT2D eigenvalue weighted by atomic mass is 31.1. The molecule has 0 saturated carbocycles. The number of nitrogens with one attached hydrogen (secondary N) is 2. The van der Waals surface area contributed by atoms with E-state index in [1.165, 1.54) is 4.55 Å². The Balaban J connectivity index is 3.85. The summed E-state index contributed by atoms with van der Waals surface area (Å²) in [5, 5.41) is 0. The molecule has 4 radical (unpaired) electrons. The molecule has 2 N–H and O–H groups in total. The van der Waals surface area contributed by atoms with Crippen molar-refractivity contribution in [2.75, 3.05) is 7.05 Å². The summed E-state index contributed by atoms with van der Waals surface area (Å²) in [7, 11) is 10.8. The molecule has 0 bridgehead atoms. The van der Waals surface area contributed by atoms with Gasteiger partial charge in [-0.15, -0.1) is 0 Å². The van der Waals surface area contributed by atoms with E-state index >= 15 is 0 Å². The third kappa shape index (κ3) is 6.89. The van der Waals surface area contributed by atoms with Gasteiger partial charge in [-0.25, -0.2) is 5.43 Å². The number of rotatable bonds is 6. The van der Waals surface area contributed by atoms with Gasteiger partial charge in [-0.1, -0.05) is 0 Å². The van der Waals surface area contributed by atoms with Crippen molar-refractivity contribution in [3.8, 4) is 0 Å². The van der Waals surface area contributed by atoms with E-state index in [0.717, 1.165) is 0 Å². The van der Waals surface area contributed by atoms with Crippen molar-refractivity contribution >= 4 is 44.0 Å². The number of hydrazine groups is 2. The summed E-state index contributed by atoms with van der Waals surface area (Å²) < 4.78 is 1.32. The van der Waals surface area contributed by atoms with Crippen molar-refractivity contribution in [2.24, 2.45) is 0 Å². The fourth-order valence-electron chi connectivity index (χ4n) is 0.416. The van der Waals surface area contributed by atoms with E-state index in [4.69, 9.17) is 15.7 Å². The van der Waals surface area contributed by atoms with Crippen molar-refractivity contribution in [1.29, 1.82) is 0 Å². The number of carbonyl (C=O) groups excluding carboxylic acids is 2. The lowest BCUT2D eigenvalue weighted by molar-refractivity contribution is 0.274. The number of hydrogen-bond acceptors (Lipinski definition) is 5. The summed E-state index contributed by atoms with van der Waals surface area (Å²) in [6, 6.07) is 0. The van der Waals surface area contributed by atoms with E-state index in [1.54, 1.807) is 7.05 Å². The van der Waals surface area contributed by atoms with Crippen LogP contribution >= 0.6 is 17.5 Å². The maximum atomic E-state index is 10.4. The Morgan fingerprint density at radius 1 is 1.25 bits per heavy atom. The normalized spacial score (nSPS) is 12.2. The van der Waals surface area contributed by atoms with E-state index in [0.29, 0.717) is 0 Å². The third-order valence-electron chi connectivity index (χ3n) is 0.668. The van der Waals surface area contributed by atoms with Gasteiger partial charge in [-0.3, -0.25) is 0 Å². The van der Waals surface area contributed by atoms with E-state index in [2.05, 4.69) is 11.0 Å². The molecule has 0 saturated heterocycles. The van der Waals surface area contributed by atoms with Crippen LogP contribution in [0.3, 0.4) is 0 Å². The standard InChI is InChI=1S/C3H7B2N3O2P2/c1-6-7-8(11-2(4)9)12-3(5)10/h6-7,11-12H,1H3. The zero-order valence-corrected chi connectivity index (χ0v) is 8.42. The zero-order chi connectivity index (χ0) is 9.56. The second-order valence-electron chi connectivity index (χ2n) is 1.65. The molecule has 0 aliphatic heterocycles. The molecule has 0 aromatic carbocycles. The lowest BCUT2D eigenvalue weighted by Crippen LogP contribution is -2.36. The summed E-state index contributed by atoms with van der Waals surface area (Å²) in [6.45, 7) is 0. The van der Waals surface area contributed by atoms with Crippen LogP contribution < -0.4 is 11.0 Å². The van der Waals surface area contributed by atoms with Crippen LogP contribution in [-0.2, 0) is 0 Å². The predicted molar refractivity (Wildman–Crippen MR) is 53.0 cm³/mol. The summed E-state index contributed by atoms with van der Waals surface area (Å²) >= 11 is 0. The lowest BCUT2D eigenvalue weighted by atomic mass is 10.2. The average Bonchev–Trinajstić information content (AvgIpc) is 1.84. The number of hydrogen-bond donors (Lipinski definition) is 2. The van der Waals surface area contributed by atoms with Crippen molar-refractivity contribution in [2.45, 2.75) is 0 Å². The highest BCUT2D eigenvalue weighted by molar-refractivity contribution is 7.74. The molecule has 2 atom stereocenters. The maximum Gasteiger partial charge on any atom is 0.176 e. The van der Waals surface area contributed by atoms with Gasteiger partial charge in [0.1, 0.15) is 10.8 Å². The van der Waals surface area contributed by atoms with Gasteiger partial charge >= 0.3 is 0 Å². The highest BCUT2D eigenvalue weighted by Gasteiger charge is 2.07. The van der Waals surface area contributed by atoms with Gasteiger partial charge in [-0.2, -0.15) is 10.1 Å². The Bertz CT molecular complexity index is 165. The lowest BCUT2D eigenvalue weighted by Gasteiger charge is -2.19. The van der Waals surface area contributed by atoms with Crippen molar-refractivity contribution in [3.63, 3.8) is 0 Å². The van der Waals surface area contributed by atoms with E-state index < -0.39 is 10.8 Å². The van der Waals surface area contributed by atoms with E-state index in [1.807, 2.05) is 0 Å². The zero-order valence-electron chi connectivity index (χ0n) is 6.42. The van der Waals surface area contributed by atoms with E-state index in [9.17, 15) is 9.59 Å². The summed E-state index contributed by atoms with van der Waals surface area (Å²) in [6.07, 6.45) is 0. The van der Waals surface area contributed by atoms with Crippen LogP contribution in [0.25, 0.3) is 0 Å². The van der Waals surface area contributed by atoms with Crippen molar-refractivity contribution in [1.82, 2.24) is 15.5 Å². The first kappa shape index (κ1) is 12.2. The van der Waals surface area contributed by atoms with Crippen LogP contribution in [0.2, 0.25) is 0 Å². The van der Waals surface area contributed by atoms with Crippen molar-refractivity contribution < 1.29 is 9.59 Å². The Kier molecular flexibility index (Phi) is 6.81. The van der Waals surface area contributed by atoms with E-state index in [-0.39, 0.29) is 17.5 Å². The van der Waals surface area contributed by atoms with Gasteiger partial charge in [0, 0.05) is 17.5 Å². The SMILES string of the molecule is [B]C(=O)PN(NNC)PC([B])=O. The van der Waals surface area contributed by atoms with Crippen LogP contribution in [0.1, 0.15) is 0 Å². The monoisotopic (exact) mass is 201 g/mol. The van der Waals surface area contributed by atoms with Crippen molar-refractivity contribution in [3.05, 3.63) is 0 Å². The molecule has 0 amide bonds. The third-order valence-corrected chi connectivity index (χ3v) is 2.45. The van der Waals surface area contributed by atoms with Crippen LogP contribution in [0, 0.1) is 0 Å². The van der Waals surface area contributed by atoms with Gasteiger partial charge in [0.05, 0.1) is 0 Å². The highest BCUT2D eigenvalue weighted by Crippen LogP contribution is 2.29. The Morgan fingerprint density at radius 2 is 1.67 bits per heavy atom. The van der Waals surface area contributed by atoms with Crippen LogP contribution in [-0.4, -0.2) is 38.1 Å². The second kappa shape index (κ2) is 6.70. The van der Waals surface area contributed by atoms with Crippen LogP contribution in [0.4, 0.5) is 9.59 Å². The molecular weight excluding hydrogens is 194 g/mol. The molecule has 5 nitrogen and oxygen atoms in total. The van der Waals surface area contributed by atoms with Gasteiger partial charge in [0.25, 0.3) is 0 Å². The molecule has 9 heteroatoms. The smallest absolute Gasteiger partial charge is 0.176 e. The Hall–Kier alpha value is 0.210. The summed E-state index contributed by atoms with van der Waals surface area (Å²) in [4.78, 5) is 20.9. The molecule has 0 aromatic rings. The molecule has 2 unspecified atom stereocenters. The van der Waals surface area contributed by atoms with Gasteiger partial charge < -0.3 is 9.59 Å². The largest absolute Gasteiger partial charge is 0.307 e. The Morgan fingerprint density at radius 3 is 1.92 bits per heavy atom. The summed E-state index contributed by atoms with van der Waals surface area (Å²) in [5.74, 6) is 0. The number of nitrogens with zero attached hydrogens (tertiary/aromatic N) is 1. The van der Waals surface area contributed by atoms with Crippen LogP contribution in [0.15, 0.2) is 0 Å². The second-order valence-corrected chi connectivity index (χ2v) is 4.42. The minimum absolute atomic E-state index is 0.311. The van der Waals surface area contributed by atoms with Gasteiger partial charge in [0.2, 0.25) is 0 Å². The predicted octanol–water partition coefficient (Wildman–Crippen LogP) is -0.309. The fourth-order valence-corrected chi connectivity index (χ4v) is 2.08. The molecular formula is C3H7B2N3O2P2. The first-order valence-electron chi connectivity index (χ1n) is 2.91. The molecule has 0 heterocycles. The molecule has 0 aromatic heterocycles. The fraction of sp³-hybridized carbons (Fsp3) is 0.333. The molecule has 0 aliphatic carbocycles. The molecule has 0 spiro atoms. The number of carbonyl (C=O) groups is 2. The van der Waals surface area contributed by atoms with Gasteiger partial charge in [0.15, 0.2) is 15.7 Å². The first-order valence-corrected chi connectivity index (χ1v) is 4.80. The molecule has 62 valence electrons. The average molecular weight is 201 g/mol. The molecule has 0 rings (SSSR count). The van der Waals surface area contributed by atoms with Crippen LogP contribution in [0.5, 0.6) is 0 Å². The summed E-state index contributed by atoms with van der Waals surface area (Å²) in [5.41, 5.74) is 4.09. The molecule has 12 heavy (non-hydrogen) atoms. The topological polar surface area (TPSA) is 61.4 Å².